The SMILES string of the molecule is O=C(Cc1ccc(F)cc1)Nc1ccc2c(c1)OCO2. The predicted molar refractivity (Wildman–Crippen MR) is 71.3 cm³/mol. The Hall–Kier alpha value is -2.56. The number of rotatable bonds is 3. The summed E-state index contributed by atoms with van der Waals surface area (Å²) in [6.07, 6.45) is 0.189. The Morgan fingerprint density at radius 2 is 1.85 bits per heavy atom. The molecule has 0 radical (unpaired) electrons. The monoisotopic (exact) mass is 273 g/mol. The van der Waals surface area contributed by atoms with Gasteiger partial charge in [-0.05, 0) is 29.8 Å². The Bertz CT molecular complexity index is 640. The minimum absolute atomic E-state index is 0.171. The maximum absolute atomic E-state index is 12.8. The van der Waals surface area contributed by atoms with Crippen LogP contribution >= 0.6 is 0 Å². The van der Waals surface area contributed by atoms with Crippen LogP contribution in [0.15, 0.2) is 42.5 Å². The summed E-state index contributed by atoms with van der Waals surface area (Å²) in [6.45, 7) is 0.197. The summed E-state index contributed by atoms with van der Waals surface area (Å²) in [5, 5.41) is 2.77. The fourth-order valence-electron chi connectivity index (χ4n) is 1.97. The van der Waals surface area contributed by atoms with Crippen LogP contribution in [-0.4, -0.2) is 12.7 Å². The molecule has 20 heavy (non-hydrogen) atoms. The van der Waals surface area contributed by atoms with E-state index in [4.69, 9.17) is 9.47 Å². The van der Waals surface area contributed by atoms with Gasteiger partial charge in [0.15, 0.2) is 11.5 Å². The molecule has 5 heteroatoms. The van der Waals surface area contributed by atoms with Crippen molar-refractivity contribution in [2.45, 2.75) is 6.42 Å². The summed E-state index contributed by atoms with van der Waals surface area (Å²) in [6, 6.07) is 11.1. The molecule has 1 aliphatic heterocycles. The first kappa shape index (κ1) is 12.5. The average Bonchev–Trinajstić information content (AvgIpc) is 2.89. The van der Waals surface area contributed by atoms with Crippen molar-refractivity contribution in [3.63, 3.8) is 0 Å². The molecule has 102 valence electrons. The molecule has 0 atom stereocenters. The van der Waals surface area contributed by atoms with Crippen LogP contribution in [-0.2, 0) is 11.2 Å². The molecule has 2 aromatic rings. The first-order valence-electron chi connectivity index (χ1n) is 6.15. The molecule has 1 aliphatic rings. The zero-order valence-corrected chi connectivity index (χ0v) is 10.6. The fraction of sp³-hybridized carbons (Fsp3) is 0.133. The van der Waals surface area contributed by atoms with Gasteiger partial charge in [0.1, 0.15) is 5.82 Å². The van der Waals surface area contributed by atoms with Crippen molar-refractivity contribution >= 4 is 11.6 Å². The third-order valence-electron chi connectivity index (χ3n) is 2.93. The van der Waals surface area contributed by atoms with Gasteiger partial charge in [0.2, 0.25) is 12.7 Å². The second-order valence-corrected chi connectivity index (χ2v) is 4.42. The van der Waals surface area contributed by atoms with Gasteiger partial charge in [0.05, 0.1) is 6.42 Å². The van der Waals surface area contributed by atoms with E-state index in [9.17, 15) is 9.18 Å². The molecule has 0 saturated heterocycles. The van der Waals surface area contributed by atoms with Crippen molar-refractivity contribution in [3.8, 4) is 11.5 Å². The number of amides is 1. The highest BCUT2D eigenvalue weighted by molar-refractivity contribution is 5.92. The van der Waals surface area contributed by atoms with Crippen LogP contribution in [0.25, 0.3) is 0 Å². The minimum atomic E-state index is -0.315. The number of carbonyl (C=O) groups is 1. The average molecular weight is 273 g/mol. The molecule has 0 saturated carbocycles. The predicted octanol–water partition coefficient (Wildman–Crippen LogP) is 2.74. The van der Waals surface area contributed by atoms with E-state index in [0.717, 1.165) is 5.56 Å². The normalized spacial score (nSPS) is 12.2. The molecule has 0 aromatic heterocycles. The maximum Gasteiger partial charge on any atom is 0.231 e. The van der Waals surface area contributed by atoms with Crippen molar-refractivity contribution in [3.05, 3.63) is 53.8 Å². The smallest absolute Gasteiger partial charge is 0.231 e. The first-order valence-corrected chi connectivity index (χ1v) is 6.15. The maximum atomic E-state index is 12.8. The van der Waals surface area contributed by atoms with Gasteiger partial charge in [0, 0.05) is 11.8 Å². The molecule has 1 heterocycles. The van der Waals surface area contributed by atoms with Gasteiger partial charge < -0.3 is 14.8 Å². The van der Waals surface area contributed by atoms with E-state index < -0.39 is 0 Å². The summed E-state index contributed by atoms with van der Waals surface area (Å²) < 4.78 is 23.2. The topological polar surface area (TPSA) is 47.6 Å². The summed E-state index contributed by atoms with van der Waals surface area (Å²) >= 11 is 0. The molecule has 0 unspecified atom stereocenters. The standard InChI is InChI=1S/C15H12FNO3/c16-11-3-1-10(2-4-11)7-15(18)17-12-5-6-13-14(8-12)20-9-19-13/h1-6,8H,7,9H2,(H,17,18). The highest BCUT2D eigenvalue weighted by Crippen LogP contribution is 2.34. The van der Waals surface area contributed by atoms with Crippen LogP contribution in [0, 0.1) is 5.82 Å². The lowest BCUT2D eigenvalue weighted by molar-refractivity contribution is -0.115. The number of carbonyl (C=O) groups excluding carboxylic acids is 1. The third-order valence-corrected chi connectivity index (χ3v) is 2.93. The van der Waals surface area contributed by atoms with Gasteiger partial charge in [-0.15, -0.1) is 0 Å². The van der Waals surface area contributed by atoms with E-state index in [-0.39, 0.29) is 24.9 Å². The summed E-state index contributed by atoms with van der Waals surface area (Å²) in [4.78, 5) is 11.9. The minimum Gasteiger partial charge on any atom is -0.454 e. The van der Waals surface area contributed by atoms with Crippen LogP contribution in [0.2, 0.25) is 0 Å². The molecular formula is C15H12FNO3. The molecule has 4 nitrogen and oxygen atoms in total. The van der Waals surface area contributed by atoms with E-state index in [0.29, 0.717) is 17.2 Å². The van der Waals surface area contributed by atoms with Gasteiger partial charge in [0.25, 0.3) is 0 Å². The number of nitrogens with one attached hydrogen (secondary N) is 1. The molecule has 3 rings (SSSR count). The van der Waals surface area contributed by atoms with Crippen LogP contribution in [0.4, 0.5) is 10.1 Å². The summed E-state index contributed by atoms with van der Waals surface area (Å²) in [5.41, 5.74) is 1.39. The molecule has 2 aromatic carbocycles. The molecule has 1 amide bonds. The molecule has 0 aliphatic carbocycles. The molecular weight excluding hydrogens is 261 g/mol. The molecule has 0 bridgehead atoms. The second-order valence-electron chi connectivity index (χ2n) is 4.42. The first-order chi connectivity index (χ1) is 9.70. The van der Waals surface area contributed by atoms with Gasteiger partial charge in [-0.1, -0.05) is 12.1 Å². The Kier molecular flexibility index (Phi) is 3.25. The molecule has 0 spiro atoms. The van der Waals surface area contributed by atoms with E-state index in [1.54, 1.807) is 30.3 Å². The fourth-order valence-corrected chi connectivity index (χ4v) is 1.97. The quantitative estimate of drug-likeness (QED) is 0.935. The summed E-state index contributed by atoms with van der Waals surface area (Å²) in [7, 11) is 0. The lowest BCUT2D eigenvalue weighted by Gasteiger charge is -2.06. The Balaban J connectivity index is 1.65. The summed E-state index contributed by atoms with van der Waals surface area (Å²) in [5.74, 6) is 0.798. The number of fused-ring (bicyclic) bond motifs is 1. The number of anilines is 1. The van der Waals surface area contributed by atoms with Crippen molar-refractivity contribution in [2.24, 2.45) is 0 Å². The number of halogens is 1. The highest BCUT2D eigenvalue weighted by Gasteiger charge is 2.14. The van der Waals surface area contributed by atoms with E-state index in [1.807, 2.05) is 0 Å². The zero-order chi connectivity index (χ0) is 13.9. The number of hydrogen-bond acceptors (Lipinski definition) is 3. The zero-order valence-electron chi connectivity index (χ0n) is 10.6. The van der Waals surface area contributed by atoms with Gasteiger partial charge >= 0.3 is 0 Å². The van der Waals surface area contributed by atoms with Crippen LogP contribution < -0.4 is 14.8 Å². The Labute approximate surface area is 115 Å². The lowest BCUT2D eigenvalue weighted by atomic mass is 10.1. The van der Waals surface area contributed by atoms with E-state index >= 15 is 0 Å². The Morgan fingerprint density at radius 3 is 2.65 bits per heavy atom. The van der Waals surface area contributed by atoms with Crippen molar-refractivity contribution in [2.75, 3.05) is 12.1 Å². The van der Waals surface area contributed by atoms with Gasteiger partial charge in [-0.2, -0.15) is 0 Å². The van der Waals surface area contributed by atoms with E-state index in [1.165, 1.54) is 12.1 Å². The van der Waals surface area contributed by atoms with E-state index in [2.05, 4.69) is 5.32 Å². The molecule has 0 fully saturated rings. The number of ether oxygens (including phenoxy) is 2. The van der Waals surface area contributed by atoms with Gasteiger partial charge in [-0.25, -0.2) is 4.39 Å². The molecule has 1 N–H and O–H groups in total. The van der Waals surface area contributed by atoms with Crippen LogP contribution in [0.5, 0.6) is 11.5 Å². The van der Waals surface area contributed by atoms with Gasteiger partial charge in [-0.3, -0.25) is 4.79 Å². The second kappa shape index (κ2) is 5.21. The lowest BCUT2D eigenvalue weighted by Crippen LogP contribution is -2.14. The van der Waals surface area contributed by atoms with Crippen molar-refractivity contribution < 1.29 is 18.7 Å². The largest absolute Gasteiger partial charge is 0.454 e. The van der Waals surface area contributed by atoms with Crippen LogP contribution in [0.1, 0.15) is 5.56 Å². The highest BCUT2D eigenvalue weighted by atomic mass is 19.1. The van der Waals surface area contributed by atoms with Crippen molar-refractivity contribution in [1.29, 1.82) is 0 Å². The third kappa shape index (κ3) is 2.71. The van der Waals surface area contributed by atoms with Crippen LogP contribution in [0.3, 0.4) is 0 Å². The Morgan fingerprint density at radius 1 is 1.10 bits per heavy atom. The van der Waals surface area contributed by atoms with Crippen molar-refractivity contribution in [1.82, 2.24) is 0 Å². The number of benzene rings is 2. The number of hydrogen-bond donors (Lipinski definition) is 1.